The molecule has 0 aliphatic carbocycles. The number of carbonyl (C=O) groups excluding carboxylic acids is 1. The average molecular weight is 450 g/mol. The van der Waals surface area contributed by atoms with Crippen molar-refractivity contribution in [3.05, 3.63) is 52.0 Å². The number of anilines is 1. The summed E-state index contributed by atoms with van der Waals surface area (Å²) >= 11 is 2.70. The Hall–Kier alpha value is -2.07. The van der Waals surface area contributed by atoms with Crippen molar-refractivity contribution >= 4 is 43.7 Å². The number of sulfonamides is 1. The lowest BCUT2D eigenvalue weighted by Gasteiger charge is -2.21. The maximum absolute atomic E-state index is 12.9. The Morgan fingerprint density at radius 3 is 2.34 bits per heavy atom. The normalized spacial score (nSPS) is 11.7. The lowest BCUT2D eigenvalue weighted by molar-refractivity contribution is 0.103. The van der Waals surface area contributed by atoms with Gasteiger partial charge in [-0.1, -0.05) is 32.0 Å². The fraction of sp³-hybridized carbons (Fsp3) is 0.300. The first kappa shape index (κ1) is 21.6. The molecule has 1 amide bonds. The molecule has 0 spiro atoms. The third-order valence-corrected chi connectivity index (χ3v) is 7.74. The topological polar surface area (TPSA) is 79.4 Å². The Morgan fingerprint density at radius 1 is 1.07 bits per heavy atom. The molecule has 0 saturated carbocycles. The molecule has 6 nitrogen and oxygen atoms in total. The summed E-state index contributed by atoms with van der Waals surface area (Å²) in [5, 5.41) is 6.98. The van der Waals surface area contributed by atoms with Crippen LogP contribution in [-0.4, -0.2) is 36.7 Å². The summed E-state index contributed by atoms with van der Waals surface area (Å²) in [6.07, 6.45) is 1.55. The summed E-state index contributed by atoms with van der Waals surface area (Å²) in [5.41, 5.74) is 1.49. The van der Waals surface area contributed by atoms with E-state index in [2.05, 4.69) is 10.3 Å². The van der Waals surface area contributed by atoms with Crippen LogP contribution in [0.1, 0.15) is 36.4 Å². The van der Waals surface area contributed by atoms with Crippen molar-refractivity contribution in [3.63, 3.8) is 0 Å². The second-order valence-corrected chi connectivity index (χ2v) is 10.1. The predicted octanol–water partition coefficient (Wildman–Crippen LogP) is 4.93. The van der Waals surface area contributed by atoms with Crippen molar-refractivity contribution in [1.82, 2.24) is 9.29 Å². The number of amides is 1. The molecule has 1 N–H and O–H groups in total. The first-order valence-electron chi connectivity index (χ1n) is 9.36. The number of hydrogen-bond donors (Lipinski definition) is 1. The summed E-state index contributed by atoms with van der Waals surface area (Å²) < 4.78 is 27.3. The van der Waals surface area contributed by atoms with Crippen LogP contribution in [0.25, 0.3) is 11.3 Å². The highest BCUT2D eigenvalue weighted by Crippen LogP contribution is 2.27. The first-order chi connectivity index (χ1) is 14.0. The van der Waals surface area contributed by atoms with Gasteiger partial charge < -0.3 is 0 Å². The van der Waals surface area contributed by atoms with Crippen LogP contribution in [0.5, 0.6) is 0 Å². The summed E-state index contributed by atoms with van der Waals surface area (Å²) in [6.45, 7) is 4.96. The second-order valence-electron chi connectivity index (χ2n) is 6.40. The van der Waals surface area contributed by atoms with Crippen LogP contribution < -0.4 is 5.32 Å². The number of thiazole rings is 1. The number of aromatic nitrogens is 1. The molecule has 0 unspecified atom stereocenters. The van der Waals surface area contributed by atoms with E-state index in [-0.39, 0.29) is 10.8 Å². The number of benzene rings is 1. The van der Waals surface area contributed by atoms with Crippen LogP contribution in [-0.2, 0) is 10.0 Å². The Balaban J connectivity index is 1.75. The fourth-order valence-electron chi connectivity index (χ4n) is 2.83. The maximum atomic E-state index is 12.9. The number of thiophene rings is 1. The van der Waals surface area contributed by atoms with E-state index in [0.717, 1.165) is 18.4 Å². The minimum atomic E-state index is -3.50. The Morgan fingerprint density at radius 2 is 1.76 bits per heavy atom. The maximum Gasteiger partial charge on any atom is 0.267 e. The third-order valence-electron chi connectivity index (χ3n) is 4.20. The molecule has 0 atom stereocenters. The van der Waals surface area contributed by atoms with E-state index in [1.165, 1.54) is 27.0 Å². The van der Waals surface area contributed by atoms with Crippen molar-refractivity contribution < 1.29 is 13.2 Å². The van der Waals surface area contributed by atoms with Crippen LogP contribution in [0.2, 0.25) is 0 Å². The van der Waals surface area contributed by atoms with Gasteiger partial charge in [0.15, 0.2) is 5.13 Å². The lowest BCUT2D eigenvalue weighted by Crippen LogP contribution is -2.32. The van der Waals surface area contributed by atoms with Crippen molar-refractivity contribution in [3.8, 4) is 11.3 Å². The van der Waals surface area contributed by atoms with Gasteiger partial charge in [-0.3, -0.25) is 10.1 Å². The van der Waals surface area contributed by atoms with Gasteiger partial charge in [-0.2, -0.15) is 4.31 Å². The molecule has 2 aromatic heterocycles. The second kappa shape index (κ2) is 9.62. The van der Waals surface area contributed by atoms with Gasteiger partial charge in [0.05, 0.1) is 15.5 Å². The molecule has 1 aromatic carbocycles. The predicted molar refractivity (Wildman–Crippen MR) is 119 cm³/mol. The number of hydrogen-bond acceptors (Lipinski definition) is 6. The van der Waals surface area contributed by atoms with Gasteiger partial charge in [-0.05, 0) is 36.4 Å². The monoisotopic (exact) mass is 449 g/mol. The molecule has 0 fully saturated rings. The minimum Gasteiger partial charge on any atom is -0.297 e. The molecule has 3 rings (SSSR count). The molecule has 0 aliphatic heterocycles. The van der Waals surface area contributed by atoms with Gasteiger partial charge in [0.25, 0.3) is 5.91 Å². The Labute approximate surface area is 179 Å². The number of nitrogens with one attached hydrogen (secondary N) is 1. The largest absolute Gasteiger partial charge is 0.297 e. The van der Waals surface area contributed by atoms with E-state index >= 15 is 0 Å². The summed E-state index contributed by atoms with van der Waals surface area (Å²) in [5.74, 6) is -0.186. The van der Waals surface area contributed by atoms with E-state index in [0.29, 0.717) is 28.8 Å². The number of rotatable bonds is 9. The first-order valence-corrected chi connectivity index (χ1v) is 12.6. The smallest absolute Gasteiger partial charge is 0.267 e. The summed E-state index contributed by atoms with van der Waals surface area (Å²) in [4.78, 5) is 17.5. The van der Waals surface area contributed by atoms with Crippen LogP contribution in [0, 0.1) is 0 Å². The molecule has 29 heavy (non-hydrogen) atoms. The zero-order valence-electron chi connectivity index (χ0n) is 16.3. The highest BCUT2D eigenvalue weighted by Gasteiger charge is 2.23. The van der Waals surface area contributed by atoms with Gasteiger partial charge in [-0.15, -0.1) is 22.7 Å². The molecular weight excluding hydrogens is 426 g/mol. The van der Waals surface area contributed by atoms with E-state index in [1.54, 1.807) is 30.3 Å². The van der Waals surface area contributed by atoms with Crippen LogP contribution in [0.4, 0.5) is 5.13 Å². The van der Waals surface area contributed by atoms with Crippen LogP contribution >= 0.6 is 22.7 Å². The summed E-state index contributed by atoms with van der Waals surface area (Å²) in [7, 11) is -3.50. The number of carbonyl (C=O) groups is 1. The van der Waals surface area contributed by atoms with Crippen LogP contribution in [0.15, 0.2) is 52.1 Å². The molecular formula is C20H23N3O3S3. The lowest BCUT2D eigenvalue weighted by atomic mass is 10.2. The zero-order chi connectivity index (χ0) is 20.9. The fourth-order valence-corrected chi connectivity index (χ4v) is 5.79. The van der Waals surface area contributed by atoms with Gasteiger partial charge >= 0.3 is 0 Å². The molecule has 0 bridgehead atoms. The highest BCUT2D eigenvalue weighted by atomic mass is 32.2. The van der Waals surface area contributed by atoms with Crippen molar-refractivity contribution in [2.24, 2.45) is 0 Å². The SMILES string of the molecule is CCCN(CCC)S(=O)(=O)c1ccc(-c2csc(NC(=O)c3cccs3)n2)cc1. The number of nitrogens with zero attached hydrogens (tertiary/aromatic N) is 2. The van der Waals surface area contributed by atoms with Crippen LogP contribution in [0.3, 0.4) is 0 Å². The van der Waals surface area contributed by atoms with Gasteiger partial charge in [0.2, 0.25) is 10.0 Å². The minimum absolute atomic E-state index is 0.186. The standard InChI is InChI=1S/C20H23N3O3S3/c1-3-11-23(12-4-2)29(25,26)16-9-7-15(8-10-16)17-14-28-20(21-17)22-19(24)18-6-5-13-27-18/h5-10,13-14H,3-4,11-12H2,1-2H3,(H,21,22,24). The van der Waals surface area contributed by atoms with Gasteiger partial charge in [0.1, 0.15) is 0 Å². The van der Waals surface area contributed by atoms with Gasteiger partial charge in [0, 0.05) is 24.0 Å². The molecule has 0 radical (unpaired) electrons. The summed E-state index contributed by atoms with van der Waals surface area (Å²) in [6, 6.07) is 10.3. The molecule has 0 saturated heterocycles. The van der Waals surface area contributed by atoms with Crippen molar-refractivity contribution in [2.45, 2.75) is 31.6 Å². The van der Waals surface area contributed by atoms with E-state index < -0.39 is 10.0 Å². The van der Waals surface area contributed by atoms with Crippen molar-refractivity contribution in [1.29, 1.82) is 0 Å². The average Bonchev–Trinajstić information content (AvgIpc) is 3.40. The zero-order valence-corrected chi connectivity index (χ0v) is 18.7. The quantitative estimate of drug-likeness (QED) is 0.502. The molecule has 154 valence electrons. The van der Waals surface area contributed by atoms with E-state index in [4.69, 9.17) is 0 Å². The Kier molecular flexibility index (Phi) is 7.18. The molecule has 2 heterocycles. The highest BCUT2D eigenvalue weighted by molar-refractivity contribution is 7.89. The molecule has 0 aliphatic rings. The molecule has 3 aromatic rings. The molecule has 9 heteroatoms. The third kappa shape index (κ3) is 5.11. The van der Waals surface area contributed by atoms with E-state index in [1.807, 2.05) is 30.7 Å². The van der Waals surface area contributed by atoms with E-state index in [9.17, 15) is 13.2 Å². The van der Waals surface area contributed by atoms with Crippen molar-refractivity contribution in [2.75, 3.05) is 18.4 Å². The Bertz CT molecular complexity index is 1040. The van der Waals surface area contributed by atoms with Gasteiger partial charge in [-0.25, -0.2) is 13.4 Å².